The van der Waals surface area contributed by atoms with Crippen LogP contribution in [-0.4, -0.2) is 36.3 Å². The van der Waals surface area contributed by atoms with Gasteiger partial charge in [-0.2, -0.15) is 0 Å². The molecule has 4 nitrogen and oxygen atoms in total. The van der Waals surface area contributed by atoms with Gasteiger partial charge >= 0.3 is 0 Å². The molecule has 0 aromatic carbocycles. The molecule has 0 radical (unpaired) electrons. The number of morpholine rings is 1. The summed E-state index contributed by atoms with van der Waals surface area (Å²) < 4.78 is 5.24. The van der Waals surface area contributed by atoms with Crippen molar-refractivity contribution in [2.75, 3.05) is 26.3 Å². The predicted molar refractivity (Wildman–Crippen MR) is 51.3 cm³/mol. The SMILES string of the molecule is c1csc(CNN2CCOCC2)n1. The molecule has 1 saturated heterocycles. The molecule has 1 N–H and O–H groups in total. The monoisotopic (exact) mass is 199 g/mol. The standard InChI is InChI=1S/C8H13N3OS/c1-6-13-8(9-1)7-10-11-2-4-12-5-3-11/h1,6,10H,2-5,7H2. The van der Waals surface area contributed by atoms with E-state index in [1.807, 2.05) is 11.6 Å². The third kappa shape index (κ3) is 2.73. The third-order valence-corrected chi connectivity index (χ3v) is 2.73. The van der Waals surface area contributed by atoms with E-state index < -0.39 is 0 Å². The summed E-state index contributed by atoms with van der Waals surface area (Å²) in [5, 5.41) is 5.31. The highest BCUT2D eigenvalue weighted by Crippen LogP contribution is 2.03. The minimum atomic E-state index is 0.824. The highest BCUT2D eigenvalue weighted by atomic mass is 32.1. The van der Waals surface area contributed by atoms with Crippen LogP contribution in [-0.2, 0) is 11.3 Å². The molecule has 13 heavy (non-hydrogen) atoms. The van der Waals surface area contributed by atoms with E-state index >= 15 is 0 Å². The van der Waals surface area contributed by atoms with Gasteiger partial charge in [0, 0.05) is 24.7 Å². The van der Waals surface area contributed by atoms with Crippen molar-refractivity contribution in [2.24, 2.45) is 0 Å². The zero-order valence-electron chi connectivity index (χ0n) is 7.40. The number of hydrogen-bond donors (Lipinski definition) is 1. The second kappa shape index (κ2) is 4.66. The van der Waals surface area contributed by atoms with Crippen LogP contribution in [0.4, 0.5) is 0 Å². The van der Waals surface area contributed by atoms with Gasteiger partial charge in [0.1, 0.15) is 5.01 Å². The van der Waals surface area contributed by atoms with Crippen molar-refractivity contribution >= 4 is 11.3 Å². The highest BCUT2D eigenvalue weighted by molar-refractivity contribution is 7.09. The molecule has 5 heteroatoms. The minimum Gasteiger partial charge on any atom is -0.379 e. The van der Waals surface area contributed by atoms with Gasteiger partial charge in [-0.1, -0.05) is 0 Å². The number of hydrazine groups is 1. The molecule has 0 saturated carbocycles. The Kier molecular flexibility index (Phi) is 3.26. The number of nitrogens with zero attached hydrogens (tertiary/aromatic N) is 2. The summed E-state index contributed by atoms with van der Waals surface area (Å²) in [6, 6.07) is 0. The van der Waals surface area contributed by atoms with Crippen LogP contribution in [0.2, 0.25) is 0 Å². The van der Waals surface area contributed by atoms with E-state index in [2.05, 4.69) is 15.4 Å². The first-order chi connectivity index (χ1) is 6.45. The summed E-state index contributed by atoms with van der Waals surface area (Å²) in [4.78, 5) is 4.20. The summed E-state index contributed by atoms with van der Waals surface area (Å²) >= 11 is 1.68. The fourth-order valence-electron chi connectivity index (χ4n) is 1.24. The van der Waals surface area contributed by atoms with Crippen molar-refractivity contribution in [1.82, 2.24) is 15.4 Å². The van der Waals surface area contributed by atoms with Gasteiger partial charge in [0.15, 0.2) is 0 Å². The lowest BCUT2D eigenvalue weighted by molar-refractivity contribution is 0.0105. The molecule has 0 bridgehead atoms. The van der Waals surface area contributed by atoms with Crippen molar-refractivity contribution in [3.8, 4) is 0 Å². The van der Waals surface area contributed by atoms with E-state index in [0.717, 1.165) is 37.9 Å². The first-order valence-electron chi connectivity index (χ1n) is 4.40. The number of ether oxygens (including phenoxy) is 1. The Hall–Kier alpha value is -0.490. The molecule has 1 fully saturated rings. The average Bonchev–Trinajstić information content (AvgIpc) is 2.69. The Morgan fingerprint density at radius 1 is 1.54 bits per heavy atom. The molecule has 2 rings (SSSR count). The van der Waals surface area contributed by atoms with Crippen molar-refractivity contribution in [2.45, 2.75) is 6.54 Å². The van der Waals surface area contributed by atoms with Gasteiger partial charge in [-0.3, -0.25) is 0 Å². The van der Waals surface area contributed by atoms with Crippen LogP contribution in [0.5, 0.6) is 0 Å². The lowest BCUT2D eigenvalue weighted by Crippen LogP contribution is -2.45. The molecule has 1 aromatic heterocycles. The van der Waals surface area contributed by atoms with Gasteiger partial charge in [-0.25, -0.2) is 15.4 Å². The molecule has 0 spiro atoms. The number of hydrogen-bond acceptors (Lipinski definition) is 5. The molecule has 72 valence electrons. The molecule has 0 unspecified atom stereocenters. The molecule has 0 aliphatic carbocycles. The first-order valence-corrected chi connectivity index (χ1v) is 5.28. The number of nitrogens with one attached hydrogen (secondary N) is 1. The average molecular weight is 199 g/mol. The summed E-state index contributed by atoms with van der Waals surface area (Å²) in [5.74, 6) is 0. The van der Waals surface area contributed by atoms with E-state index in [1.165, 1.54) is 0 Å². The zero-order chi connectivity index (χ0) is 8.93. The molecular formula is C8H13N3OS. The summed E-state index contributed by atoms with van der Waals surface area (Å²) in [6.07, 6.45) is 1.83. The molecule has 0 amide bonds. The Morgan fingerprint density at radius 3 is 3.08 bits per heavy atom. The normalized spacial score (nSPS) is 19.1. The van der Waals surface area contributed by atoms with Gasteiger partial charge in [-0.05, 0) is 0 Å². The topological polar surface area (TPSA) is 37.4 Å². The van der Waals surface area contributed by atoms with Crippen LogP contribution in [0, 0.1) is 0 Å². The Morgan fingerprint density at radius 2 is 2.38 bits per heavy atom. The maximum Gasteiger partial charge on any atom is 0.108 e. The van der Waals surface area contributed by atoms with Crippen molar-refractivity contribution in [3.63, 3.8) is 0 Å². The van der Waals surface area contributed by atoms with Crippen molar-refractivity contribution < 1.29 is 4.74 Å². The lowest BCUT2D eigenvalue weighted by Gasteiger charge is -2.26. The van der Waals surface area contributed by atoms with Gasteiger partial charge in [0.25, 0.3) is 0 Å². The first kappa shape index (κ1) is 9.08. The van der Waals surface area contributed by atoms with Crippen molar-refractivity contribution in [3.05, 3.63) is 16.6 Å². The molecule has 2 heterocycles. The van der Waals surface area contributed by atoms with Crippen LogP contribution in [0.25, 0.3) is 0 Å². The van der Waals surface area contributed by atoms with Crippen LogP contribution < -0.4 is 5.43 Å². The van der Waals surface area contributed by atoms with Crippen LogP contribution in [0.3, 0.4) is 0 Å². The van der Waals surface area contributed by atoms with Crippen molar-refractivity contribution in [1.29, 1.82) is 0 Å². The number of rotatable bonds is 3. The number of aromatic nitrogens is 1. The Balaban J connectivity index is 1.72. The van der Waals surface area contributed by atoms with Gasteiger partial charge in [-0.15, -0.1) is 11.3 Å². The van der Waals surface area contributed by atoms with E-state index in [-0.39, 0.29) is 0 Å². The lowest BCUT2D eigenvalue weighted by atomic mass is 10.5. The highest BCUT2D eigenvalue weighted by Gasteiger charge is 2.09. The van der Waals surface area contributed by atoms with Crippen LogP contribution in [0.1, 0.15) is 5.01 Å². The second-order valence-electron chi connectivity index (χ2n) is 2.86. The number of thiazole rings is 1. The summed E-state index contributed by atoms with van der Waals surface area (Å²) in [7, 11) is 0. The largest absolute Gasteiger partial charge is 0.379 e. The van der Waals surface area contributed by atoms with Crippen LogP contribution in [0.15, 0.2) is 11.6 Å². The van der Waals surface area contributed by atoms with E-state index in [9.17, 15) is 0 Å². The smallest absolute Gasteiger partial charge is 0.108 e. The molecule has 1 aliphatic heterocycles. The molecule has 0 atom stereocenters. The minimum absolute atomic E-state index is 0.824. The molecule has 1 aliphatic rings. The maximum atomic E-state index is 5.24. The Labute approximate surface area is 81.5 Å². The Bertz CT molecular complexity index is 234. The quantitative estimate of drug-likeness (QED) is 0.768. The molecular weight excluding hydrogens is 186 g/mol. The van der Waals surface area contributed by atoms with E-state index in [4.69, 9.17) is 4.74 Å². The van der Waals surface area contributed by atoms with E-state index in [1.54, 1.807) is 11.3 Å². The van der Waals surface area contributed by atoms with Gasteiger partial charge < -0.3 is 4.74 Å². The van der Waals surface area contributed by atoms with Gasteiger partial charge in [0.2, 0.25) is 0 Å². The summed E-state index contributed by atoms with van der Waals surface area (Å²) in [5.41, 5.74) is 3.33. The van der Waals surface area contributed by atoms with Crippen LogP contribution >= 0.6 is 11.3 Å². The predicted octanol–water partition coefficient (Wildman–Crippen LogP) is 0.480. The fourth-order valence-corrected chi connectivity index (χ4v) is 1.79. The zero-order valence-corrected chi connectivity index (χ0v) is 8.22. The fraction of sp³-hybridized carbons (Fsp3) is 0.625. The third-order valence-electron chi connectivity index (χ3n) is 1.95. The second-order valence-corrected chi connectivity index (χ2v) is 3.84. The maximum absolute atomic E-state index is 5.24. The summed E-state index contributed by atoms with van der Waals surface area (Å²) in [6.45, 7) is 4.41. The molecule has 1 aromatic rings. The van der Waals surface area contributed by atoms with E-state index in [0.29, 0.717) is 0 Å². The van der Waals surface area contributed by atoms with Gasteiger partial charge in [0.05, 0.1) is 19.8 Å².